The van der Waals surface area contributed by atoms with Crippen LogP contribution in [0.4, 0.5) is 5.69 Å². The molecule has 0 saturated carbocycles. The molecule has 2 rings (SSSR count). The fraction of sp³-hybridized carbons (Fsp3) is 0.188. The first kappa shape index (κ1) is 19.4. The Hall–Kier alpha value is -1.96. The maximum absolute atomic E-state index is 13.1. The van der Waals surface area contributed by atoms with E-state index in [1.165, 1.54) is 24.3 Å². The van der Waals surface area contributed by atoms with E-state index in [2.05, 4.69) is 0 Å². The Morgan fingerprint density at radius 1 is 1.20 bits per heavy atom. The quantitative estimate of drug-likeness (QED) is 0.761. The zero-order valence-corrected chi connectivity index (χ0v) is 15.5. The topological polar surface area (TPSA) is 83.9 Å². The summed E-state index contributed by atoms with van der Waals surface area (Å²) in [6.45, 7) is 1.23. The van der Waals surface area contributed by atoms with Gasteiger partial charge in [-0.3, -0.25) is 9.10 Å². The largest absolute Gasteiger partial charge is 0.492 e. The number of hydrogen-bond donors (Lipinski definition) is 1. The van der Waals surface area contributed by atoms with Gasteiger partial charge in [0.05, 0.1) is 17.3 Å². The van der Waals surface area contributed by atoms with Gasteiger partial charge in [0, 0.05) is 5.02 Å². The van der Waals surface area contributed by atoms with E-state index in [9.17, 15) is 18.3 Å². The number of carboxylic acids is 1. The van der Waals surface area contributed by atoms with Crippen molar-refractivity contribution in [3.63, 3.8) is 0 Å². The molecule has 0 radical (unpaired) electrons. The van der Waals surface area contributed by atoms with Crippen molar-refractivity contribution in [2.24, 2.45) is 0 Å². The van der Waals surface area contributed by atoms with Crippen LogP contribution in [0, 0.1) is 0 Å². The minimum absolute atomic E-state index is 0.0614. The van der Waals surface area contributed by atoms with E-state index < -0.39 is 22.5 Å². The summed E-state index contributed by atoms with van der Waals surface area (Å²) in [7, 11) is -4.29. The first-order chi connectivity index (χ1) is 11.8. The van der Waals surface area contributed by atoms with Gasteiger partial charge in [-0.2, -0.15) is 0 Å². The lowest BCUT2D eigenvalue weighted by Gasteiger charge is -2.25. The summed E-state index contributed by atoms with van der Waals surface area (Å²) in [5, 5.41) is 9.30. The molecule has 0 fully saturated rings. The van der Waals surface area contributed by atoms with Crippen molar-refractivity contribution in [1.29, 1.82) is 0 Å². The molecule has 2 aromatic rings. The molecule has 0 aliphatic heterocycles. The molecule has 0 atom stereocenters. The summed E-state index contributed by atoms with van der Waals surface area (Å²) < 4.78 is 32.3. The number of carboxylic acid groups (broad SMARTS) is 1. The number of hydrogen-bond acceptors (Lipinski definition) is 4. The fourth-order valence-corrected chi connectivity index (χ4v) is 4.32. The van der Waals surface area contributed by atoms with Gasteiger partial charge in [-0.25, -0.2) is 8.42 Å². The molecule has 9 heteroatoms. The predicted octanol–water partition coefficient (Wildman–Crippen LogP) is 3.67. The second-order valence-corrected chi connectivity index (χ2v) is 7.56. The first-order valence-electron chi connectivity index (χ1n) is 7.18. The molecule has 0 aliphatic carbocycles. The van der Waals surface area contributed by atoms with E-state index in [1.807, 2.05) is 0 Å². The molecular formula is C16H15Cl2NO5S. The van der Waals surface area contributed by atoms with Crippen LogP contribution in [0.2, 0.25) is 10.0 Å². The number of ether oxygens (including phenoxy) is 1. The van der Waals surface area contributed by atoms with Crippen molar-refractivity contribution in [2.45, 2.75) is 11.8 Å². The Bertz CT molecular complexity index is 886. The van der Waals surface area contributed by atoms with E-state index in [0.717, 1.165) is 4.31 Å². The van der Waals surface area contributed by atoms with Crippen LogP contribution in [0.5, 0.6) is 5.75 Å². The molecular weight excluding hydrogens is 389 g/mol. The number of aliphatic carboxylic acids is 1. The van der Waals surface area contributed by atoms with Crippen LogP contribution in [0.15, 0.2) is 47.4 Å². The van der Waals surface area contributed by atoms with Crippen LogP contribution >= 0.6 is 23.2 Å². The van der Waals surface area contributed by atoms with Crippen molar-refractivity contribution in [3.05, 3.63) is 52.5 Å². The van der Waals surface area contributed by atoms with Crippen molar-refractivity contribution in [2.75, 3.05) is 17.5 Å². The van der Waals surface area contributed by atoms with Crippen LogP contribution in [-0.2, 0) is 14.8 Å². The van der Waals surface area contributed by atoms with Crippen LogP contribution in [-0.4, -0.2) is 32.6 Å². The molecule has 25 heavy (non-hydrogen) atoms. The van der Waals surface area contributed by atoms with Crippen LogP contribution < -0.4 is 9.04 Å². The van der Waals surface area contributed by atoms with Gasteiger partial charge in [-0.05, 0) is 37.3 Å². The number of nitrogens with zero attached hydrogens (tertiary/aromatic N) is 1. The number of sulfonamides is 1. The molecule has 6 nitrogen and oxygen atoms in total. The van der Waals surface area contributed by atoms with Crippen molar-refractivity contribution < 1.29 is 23.1 Å². The Morgan fingerprint density at radius 3 is 2.52 bits per heavy atom. The first-order valence-corrected chi connectivity index (χ1v) is 9.38. The molecule has 0 aliphatic rings. The molecule has 1 N–H and O–H groups in total. The fourth-order valence-electron chi connectivity index (χ4n) is 2.16. The Labute approximate surface area is 155 Å². The number of halogens is 2. The highest BCUT2D eigenvalue weighted by Crippen LogP contribution is 2.35. The SMILES string of the molecule is CCOc1ccccc1N(CC(=O)O)S(=O)(=O)c1cc(Cl)ccc1Cl. The molecule has 0 aromatic heterocycles. The van der Waals surface area contributed by atoms with Gasteiger partial charge in [0.2, 0.25) is 0 Å². The minimum Gasteiger partial charge on any atom is -0.492 e. The lowest BCUT2D eigenvalue weighted by atomic mass is 10.3. The summed E-state index contributed by atoms with van der Waals surface area (Å²) >= 11 is 11.9. The van der Waals surface area contributed by atoms with Crippen LogP contribution in [0.3, 0.4) is 0 Å². The van der Waals surface area contributed by atoms with Crippen LogP contribution in [0.1, 0.15) is 6.92 Å². The highest BCUT2D eigenvalue weighted by atomic mass is 35.5. The standard InChI is InChI=1S/C16H15Cl2NO5S/c1-2-24-14-6-4-3-5-13(14)19(10-16(20)21)25(22,23)15-9-11(17)7-8-12(15)18/h3-9H,2,10H2,1H3,(H,20,21). The second-order valence-electron chi connectivity index (χ2n) is 4.88. The van der Waals surface area contributed by atoms with E-state index in [-0.39, 0.29) is 33.0 Å². The van der Waals surface area contributed by atoms with Gasteiger partial charge in [0.1, 0.15) is 17.2 Å². The van der Waals surface area contributed by atoms with Gasteiger partial charge < -0.3 is 9.84 Å². The Balaban J connectivity index is 2.65. The molecule has 134 valence electrons. The number of anilines is 1. The highest BCUT2D eigenvalue weighted by Gasteiger charge is 2.31. The van der Waals surface area contributed by atoms with E-state index in [1.54, 1.807) is 25.1 Å². The second kappa shape index (κ2) is 7.95. The zero-order valence-electron chi connectivity index (χ0n) is 13.1. The summed E-state index contributed by atoms with van der Waals surface area (Å²) in [6.07, 6.45) is 0. The average Bonchev–Trinajstić information content (AvgIpc) is 2.55. The van der Waals surface area contributed by atoms with E-state index in [0.29, 0.717) is 0 Å². The Kier molecular flexibility index (Phi) is 6.16. The predicted molar refractivity (Wildman–Crippen MR) is 96.2 cm³/mol. The van der Waals surface area contributed by atoms with E-state index >= 15 is 0 Å². The lowest BCUT2D eigenvalue weighted by molar-refractivity contribution is -0.135. The monoisotopic (exact) mass is 403 g/mol. The average molecular weight is 404 g/mol. The number of benzene rings is 2. The molecule has 0 unspecified atom stereocenters. The molecule has 2 aromatic carbocycles. The summed E-state index contributed by atoms with van der Waals surface area (Å²) in [4.78, 5) is 11.0. The minimum atomic E-state index is -4.29. The van der Waals surface area contributed by atoms with Gasteiger partial charge in [-0.15, -0.1) is 0 Å². The molecule has 0 bridgehead atoms. The number of rotatable bonds is 7. The molecule has 0 spiro atoms. The lowest BCUT2D eigenvalue weighted by Crippen LogP contribution is -2.36. The third-order valence-corrected chi connectivity index (χ3v) is 5.65. The number of carbonyl (C=O) groups is 1. The Morgan fingerprint density at radius 2 is 1.88 bits per heavy atom. The van der Waals surface area contributed by atoms with E-state index in [4.69, 9.17) is 27.9 Å². The maximum atomic E-state index is 13.1. The summed E-state index contributed by atoms with van der Waals surface area (Å²) in [5.41, 5.74) is 0.0998. The molecule has 0 saturated heterocycles. The highest BCUT2D eigenvalue weighted by molar-refractivity contribution is 7.93. The zero-order chi connectivity index (χ0) is 18.6. The van der Waals surface area contributed by atoms with Gasteiger partial charge in [0.15, 0.2) is 0 Å². The van der Waals surface area contributed by atoms with Crippen molar-refractivity contribution >= 4 is 44.9 Å². The third-order valence-electron chi connectivity index (χ3n) is 3.17. The van der Waals surface area contributed by atoms with Crippen molar-refractivity contribution in [3.8, 4) is 5.75 Å². The smallest absolute Gasteiger partial charge is 0.324 e. The normalized spacial score (nSPS) is 11.2. The van der Waals surface area contributed by atoms with Gasteiger partial charge in [0.25, 0.3) is 10.0 Å². The summed E-state index contributed by atoms with van der Waals surface area (Å²) in [5.74, 6) is -1.08. The summed E-state index contributed by atoms with van der Waals surface area (Å²) in [6, 6.07) is 10.2. The van der Waals surface area contributed by atoms with Crippen molar-refractivity contribution in [1.82, 2.24) is 0 Å². The third kappa shape index (κ3) is 4.36. The molecule has 0 amide bonds. The van der Waals surface area contributed by atoms with Gasteiger partial charge in [-0.1, -0.05) is 35.3 Å². The van der Waals surface area contributed by atoms with Crippen LogP contribution in [0.25, 0.3) is 0 Å². The van der Waals surface area contributed by atoms with Gasteiger partial charge >= 0.3 is 5.97 Å². The maximum Gasteiger partial charge on any atom is 0.324 e. The number of para-hydroxylation sites is 2. The molecule has 0 heterocycles.